The summed E-state index contributed by atoms with van der Waals surface area (Å²) >= 11 is 0. The molecule has 2 heteroatoms. The van der Waals surface area contributed by atoms with Gasteiger partial charge >= 0.3 is 0 Å². The van der Waals surface area contributed by atoms with Crippen LogP contribution in [-0.4, -0.2) is 0 Å². The highest BCUT2D eigenvalue weighted by Crippen LogP contribution is 2.26. The first-order valence-corrected chi connectivity index (χ1v) is 3.33. The van der Waals surface area contributed by atoms with Gasteiger partial charge in [-0.05, 0) is 18.6 Å². The zero-order valence-electron chi connectivity index (χ0n) is 5.83. The Bertz CT molecular complexity index is 289. The van der Waals surface area contributed by atoms with Crippen molar-refractivity contribution in [3.63, 3.8) is 0 Å². The first-order chi connectivity index (χ1) is 4.86. The molecular formula is C8H8N2. The maximum absolute atomic E-state index is 3.99. The standard InChI is InChI=1S/C8H8N2/c1-6-2-3-7-5-9-10-8(7)4-6/h2-4H,5H2,1H3. The van der Waals surface area contributed by atoms with Gasteiger partial charge in [0.2, 0.25) is 0 Å². The van der Waals surface area contributed by atoms with Crippen molar-refractivity contribution < 1.29 is 0 Å². The lowest BCUT2D eigenvalue weighted by Crippen LogP contribution is -1.76. The third-order valence-electron chi connectivity index (χ3n) is 1.66. The Hall–Kier alpha value is -1.18. The second-order valence-corrected chi connectivity index (χ2v) is 2.53. The largest absolute Gasteiger partial charge is 0.184 e. The highest BCUT2D eigenvalue weighted by Gasteiger charge is 2.05. The molecule has 0 aromatic heterocycles. The summed E-state index contributed by atoms with van der Waals surface area (Å²) in [6.07, 6.45) is 0. The van der Waals surface area contributed by atoms with E-state index in [0.29, 0.717) is 0 Å². The molecule has 0 radical (unpaired) electrons. The summed E-state index contributed by atoms with van der Waals surface area (Å²) in [6, 6.07) is 6.24. The maximum atomic E-state index is 3.99. The molecule has 1 aromatic carbocycles. The van der Waals surface area contributed by atoms with Gasteiger partial charge in [0.1, 0.15) is 0 Å². The first kappa shape index (κ1) is 5.59. The third-order valence-corrected chi connectivity index (χ3v) is 1.66. The molecule has 0 aliphatic carbocycles. The summed E-state index contributed by atoms with van der Waals surface area (Å²) < 4.78 is 0. The van der Waals surface area contributed by atoms with Crippen LogP contribution in [0.4, 0.5) is 5.69 Å². The molecule has 0 bridgehead atoms. The van der Waals surface area contributed by atoms with Gasteiger partial charge in [-0.3, -0.25) is 0 Å². The number of hydrogen-bond donors (Lipinski definition) is 0. The van der Waals surface area contributed by atoms with Gasteiger partial charge in [-0.15, -0.1) is 0 Å². The van der Waals surface area contributed by atoms with Crippen molar-refractivity contribution in [1.29, 1.82) is 0 Å². The van der Waals surface area contributed by atoms with E-state index in [4.69, 9.17) is 0 Å². The Morgan fingerprint density at radius 3 is 3.20 bits per heavy atom. The fraction of sp³-hybridized carbons (Fsp3) is 0.250. The van der Waals surface area contributed by atoms with Crippen LogP contribution in [0.2, 0.25) is 0 Å². The Kier molecular flexibility index (Phi) is 1.07. The lowest BCUT2D eigenvalue weighted by molar-refractivity contribution is 1.04. The zero-order valence-corrected chi connectivity index (χ0v) is 5.83. The maximum Gasteiger partial charge on any atom is 0.0906 e. The molecule has 1 aliphatic rings. The quantitative estimate of drug-likeness (QED) is 0.518. The highest BCUT2D eigenvalue weighted by molar-refractivity contribution is 5.49. The molecule has 2 nitrogen and oxygen atoms in total. The molecule has 0 atom stereocenters. The van der Waals surface area contributed by atoms with Crippen LogP contribution in [0.1, 0.15) is 11.1 Å². The topological polar surface area (TPSA) is 24.7 Å². The second-order valence-electron chi connectivity index (χ2n) is 2.53. The number of nitrogens with zero attached hydrogens (tertiary/aromatic N) is 2. The van der Waals surface area contributed by atoms with Crippen molar-refractivity contribution >= 4 is 5.69 Å². The monoisotopic (exact) mass is 132 g/mol. The van der Waals surface area contributed by atoms with Crippen molar-refractivity contribution in [3.8, 4) is 0 Å². The SMILES string of the molecule is Cc1ccc2c(c1)N=NC2. The van der Waals surface area contributed by atoms with Gasteiger partial charge in [-0.2, -0.15) is 10.2 Å². The lowest BCUT2D eigenvalue weighted by Gasteiger charge is -1.94. The summed E-state index contributed by atoms with van der Waals surface area (Å²) in [5.41, 5.74) is 3.53. The lowest BCUT2D eigenvalue weighted by atomic mass is 10.1. The first-order valence-electron chi connectivity index (χ1n) is 3.33. The number of azo groups is 1. The van der Waals surface area contributed by atoms with Crippen LogP contribution < -0.4 is 0 Å². The third kappa shape index (κ3) is 0.727. The minimum absolute atomic E-state index is 0.760. The predicted molar refractivity (Wildman–Crippen MR) is 39.4 cm³/mol. The van der Waals surface area contributed by atoms with Gasteiger partial charge in [-0.1, -0.05) is 12.1 Å². The molecule has 0 saturated heterocycles. The van der Waals surface area contributed by atoms with Crippen molar-refractivity contribution in [2.45, 2.75) is 13.5 Å². The molecule has 1 aliphatic heterocycles. The van der Waals surface area contributed by atoms with Crippen LogP contribution in [0.3, 0.4) is 0 Å². The van der Waals surface area contributed by atoms with Crippen LogP contribution in [0, 0.1) is 6.92 Å². The normalized spacial score (nSPS) is 13.7. The molecule has 2 rings (SSSR count). The Morgan fingerprint density at radius 2 is 2.30 bits per heavy atom. The van der Waals surface area contributed by atoms with E-state index in [0.717, 1.165) is 12.2 Å². The fourth-order valence-electron chi connectivity index (χ4n) is 1.09. The average molecular weight is 132 g/mol. The van der Waals surface area contributed by atoms with Gasteiger partial charge in [0.25, 0.3) is 0 Å². The van der Waals surface area contributed by atoms with E-state index in [9.17, 15) is 0 Å². The molecule has 1 heterocycles. The van der Waals surface area contributed by atoms with E-state index in [1.807, 2.05) is 0 Å². The van der Waals surface area contributed by atoms with E-state index >= 15 is 0 Å². The second kappa shape index (κ2) is 1.90. The van der Waals surface area contributed by atoms with Crippen LogP contribution in [0.15, 0.2) is 28.4 Å². The van der Waals surface area contributed by atoms with Gasteiger partial charge < -0.3 is 0 Å². The van der Waals surface area contributed by atoms with Crippen molar-refractivity contribution in [1.82, 2.24) is 0 Å². The molecule has 0 N–H and O–H groups in total. The molecule has 1 aromatic rings. The van der Waals surface area contributed by atoms with Crippen LogP contribution in [-0.2, 0) is 6.54 Å². The molecular weight excluding hydrogens is 124 g/mol. The van der Waals surface area contributed by atoms with Crippen LogP contribution in [0.25, 0.3) is 0 Å². The summed E-state index contributed by atoms with van der Waals surface area (Å²) in [4.78, 5) is 0. The van der Waals surface area contributed by atoms with Crippen molar-refractivity contribution in [2.24, 2.45) is 10.2 Å². The minimum Gasteiger partial charge on any atom is -0.184 e. The number of aryl methyl sites for hydroxylation is 1. The molecule has 0 fully saturated rings. The summed E-state index contributed by atoms with van der Waals surface area (Å²) in [6.45, 7) is 2.82. The summed E-state index contributed by atoms with van der Waals surface area (Å²) in [5, 5.41) is 7.90. The molecule has 0 unspecified atom stereocenters. The zero-order chi connectivity index (χ0) is 6.97. The highest BCUT2D eigenvalue weighted by atomic mass is 15.1. The number of rotatable bonds is 0. The van der Waals surface area contributed by atoms with Crippen molar-refractivity contribution in [3.05, 3.63) is 29.3 Å². The predicted octanol–water partition coefficient (Wildman–Crippen LogP) is 2.59. The molecule has 0 spiro atoms. The van der Waals surface area contributed by atoms with Crippen LogP contribution >= 0.6 is 0 Å². The van der Waals surface area contributed by atoms with Gasteiger partial charge in [0.05, 0.1) is 12.2 Å². The van der Waals surface area contributed by atoms with Gasteiger partial charge in [-0.25, -0.2) is 0 Å². The molecule has 50 valence electrons. The number of fused-ring (bicyclic) bond motifs is 1. The van der Waals surface area contributed by atoms with E-state index in [1.165, 1.54) is 11.1 Å². The van der Waals surface area contributed by atoms with Gasteiger partial charge in [0.15, 0.2) is 0 Å². The number of hydrogen-bond acceptors (Lipinski definition) is 2. The Balaban J connectivity index is 2.60. The van der Waals surface area contributed by atoms with Gasteiger partial charge in [0, 0.05) is 5.56 Å². The van der Waals surface area contributed by atoms with E-state index in [2.05, 4.69) is 35.4 Å². The summed E-state index contributed by atoms with van der Waals surface area (Å²) in [5.74, 6) is 0. The Morgan fingerprint density at radius 1 is 1.40 bits per heavy atom. The molecule has 0 saturated carbocycles. The van der Waals surface area contributed by atoms with Crippen LogP contribution in [0.5, 0.6) is 0 Å². The Labute approximate surface area is 59.6 Å². The molecule has 0 amide bonds. The number of benzene rings is 1. The van der Waals surface area contributed by atoms with E-state index in [-0.39, 0.29) is 0 Å². The summed E-state index contributed by atoms with van der Waals surface area (Å²) in [7, 11) is 0. The fourth-order valence-corrected chi connectivity index (χ4v) is 1.09. The van der Waals surface area contributed by atoms with Crippen molar-refractivity contribution in [2.75, 3.05) is 0 Å². The smallest absolute Gasteiger partial charge is 0.0906 e. The minimum atomic E-state index is 0.760. The van der Waals surface area contributed by atoms with E-state index in [1.54, 1.807) is 0 Å². The molecule has 10 heavy (non-hydrogen) atoms. The van der Waals surface area contributed by atoms with E-state index < -0.39 is 0 Å². The average Bonchev–Trinajstić information content (AvgIpc) is 2.33.